The Labute approximate surface area is 153 Å². The maximum Gasteiger partial charge on any atom is 0.416 e. The Morgan fingerprint density at radius 3 is 2.67 bits per heavy atom. The maximum absolute atomic E-state index is 12.8. The van der Waals surface area contributed by atoms with Gasteiger partial charge in [-0.1, -0.05) is 24.3 Å². The lowest BCUT2D eigenvalue weighted by atomic mass is 10.1. The van der Waals surface area contributed by atoms with Crippen LogP contribution < -0.4 is 10.5 Å². The predicted molar refractivity (Wildman–Crippen MR) is 96.6 cm³/mol. The summed E-state index contributed by atoms with van der Waals surface area (Å²) in [5.74, 6) is 0.798. The first kappa shape index (κ1) is 18.5. The summed E-state index contributed by atoms with van der Waals surface area (Å²) >= 11 is 0. The molecule has 140 valence electrons. The molecule has 8 heteroatoms. The highest BCUT2D eigenvalue weighted by atomic mass is 19.4. The standard InChI is InChI=1S/C19H17F3N4O/c1-13-11-26(18(23)25-13)24-10-14-4-3-7-17(9-14)27-12-15-5-2-6-16(8-15)19(20,21)22/h2-11H,12H2,1H3,(H2,23,25). The molecule has 1 heterocycles. The normalized spacial score (nSPS) is 11.9. The lowest BCUT2D eigenvalue weighted by Gasteiger charge is -2.10. The van der Waals surface area contributed by atoms with Gasteiger partial charge < -0.3 is 10.5 Å². The van der Waals surface area contributed by atoms with Gasteiger partial charge in [-0.3, -0.25) is 0 Å². The third-order valence-corrected chi connectivity index (χ3v) is 3.68. The van der Waals surface area contributed by atoms with E-state index in [1.165, 1.54) is 10.7 Å². The third-order valence-electron chi connectivity index (χ3n) is 3.68. The molecule has 0 aliphatic heterocycles. The Kier molecular flexibility index (Phi) is 5.16. The van der Waals surface area contributed by atoms with Crippen molar-refractivity contribution in [1.82, 2.24) is 9.66 Å². The molecule has 5 nitrogen and oxygen atoms in total. The molecular weight excluding hydrogens is 357 g/mol. The van der Waals surface area contributed by atoms with E-state index in [-0.39, 0.29) is 12.6 Å². The quantitative estimate of drug-likeness (QED) is 0.679. The highest BCUT2D eigenvalue weighted by Crippen LogP contribution is 2.29. The summed E-state index contributed by atoms with van der Waals surface area (Å²) in [6, 6.07) is 12.1. The highest BCUT2D eigenvalue weighted by Gasteiger charge is 2.30. The number of ether oxygens (including phenoxy) is 1. The molecule has 0 fully saturated rings. The van der Waals surface area contributed by atoms with E-state index >= 15 is 0 Å². The molecule has 1 aromatic heterocycles. The molecule has 0 aliphatic carbocycles. The molecule has 0 atom stereocenters. The fraction of sp³-hybridized carbons (Fsp3) is 0.158. The summed E-state index contributed by atoms with van der Waals surface area (Å²) in [4.78, 5) is 4.05. The van der Waals surface area contributed by atoms with Crippen molar-refractivity contribution in [3.63, 3.8) is 0 Å². The van der Waals surface area contributed by atoms with Crippen LogP contribution in [0.5, 0.6) is 5.75 Å². The van der Waals surface area contributed by atoms with E-state index in [1.807, 2.05) is 13.0 Å². The molecule has 27 heavy (non-hydrogen) atoms. The average molecular weight is 374 g/mol. The fourth-order valence-corrected chi connectivity index (χ4v) is 2.41. The second-order valence-corrected chi connectivity index (χ2v) is 5.89. The third kappa shape index (κ3) is 4.87. The first-order chi connectivity index (χ1) is 12.8. The molecule has 3 aromatic rings. The van der Waals surface area contributed by atoms with E-state index in [2.05, 4.69) is 10.1 Å². The number of hydrogen-bond donors (Lipinski definition) is 1. The molecule has 0 saturated carbocycles. The van der Waals surface area contributed by atoms with E-state index in [4.69, 9.17) is 10.5 Å². The number of aryl methyl sites for hydroxylation is 1. The van der Waals surface area contributed by atoms with E-state index in [0.717, 1.165) is 23.4 Å². The Morgan fingerprint density at radius 2 is 1.96 bits per heavy atom. The molecule has 0 radical (unpaired) electrons. The summed E-state index contributed by atoms with van der Waals surface area (Å²) in [7, 11) is 0. The van der Waals surface area contributed by atoms with Gasteiger partial charge in [0.1, 0.15) is 12.4 Å². The second kappa shape index (κ2) is 7.53. The van der Waals surface area contributed by atoms with Gasteiger partial charge >= 0.3 is 6.18 Å². The van der Waals surface area contributed by atoms with Crippen molar-refractivity contribution >= 4 is 12.2 Å². The van der Waals surface area contributed by atoms with Gasteiger partial charge in [0, 0.05) is 0 Å². The van der Waals surface area contributed by atoms with Crippen molar-refractivity contribution in [2.45, 2.75) is 19.7 Å². The first-order valence-corrected chi connectivity index (χ1v) is 8.06. The number of nitrogen functional groups attached to an aromatic ring is 1. The Bertz CT molecular complexity index is 964. The number of nitrogens with two attached hydrogens (primary N) is 1. The van der Waals surface area contributed by atoms with Gasteiger partial charge in [0.05, 0.1) is 23.7 Å². The summed E-state index contributed by atoms with van der Waals surface area (Å²) < 4.78 is 45.4. The van der Waals surface area contributed by atoms with E-state index in [0.29, 0.717) is 11.3 Å². The molecule has 0 bridgehead atoms. The number of anilines is 1. The van der Waals surface area contributed by atoms with Crippen molar-refractivity contribution < 1.29 is 17.9 Å². The van der Waals surface area contributed by atoms with Gasteiger partial charge in [0.25, 0.3) is 0 Å². The molecular formula is C19H17F3N4O. The van der Waals surface area contributed by atoms with Gasteiger partial charge in [-0.2, -0.15) is 18.3 Å². The Balaban J connectivity index is 1.69. The van der Waals surface area contributed by atoms with Crippen molar-refractivity contribution in [1.29, 1.82) is 0 Å². The van der Waals surface area contributed by atoms with Crippen molar-refractivity contribution in [2.24, 2.45) is 5.10 Å². The fourth-order valence-electron chi connectivity index (χ4n) is 2.41. The SMILES string of the molecule is Cc1cn(N=Cc2cccc(OCc3cccc(C(F)(F)F)c3)c2)c(N)n1. The summed E-state index contributed by atoms with van der Waals surface area (Å²) in [6.07, 6.45) is -1.09. The monoisotopic (exact) mass is 374 g/mol. The van der Waals surface area contributed by atoms with Crippen LogP contribution in [-0.4, -0.2) is 15.9 Å². The number of alkyl halides is 3. The molecule has 2 N–H and O–H groups in total. The maximum atomic E-state index is 12.8. The smallest absolute Gasteiger partial charge is 0.416 e. The predicted octanol–water partition coefficient (Wildman–Crippen LogP) is 4.25. The molecule has 0 unspecified atom stereocenters. The van der Waals surface area contributed by atoms with Gasteiger partial charge in [0.15, 0.2) is 0 Å². The number of benzene rings is 2. The molecule has 3 rings (SSSR count). The zero-order valence-electron chi connectivity index (χ0n) is 14.4. The zero-order chi connectivity index (χ0) is 19.4. The molecule has 0 spiro atoms. The van der Waals surface area contributed by atoms with E-state index in [9.17, 15) is 13.2 Å². The van der Waals surface area contributed by atoms with E-state index < -0.39 is 11.7 Å². The molecule has 0 saturated heterocycles. The number of imidazole rings is 1. The Morgan fingerprint density at radius 1 is 1.19 bits per heavy atom. The van der Waals surface area contributed by atoms with Gasteiger partial charge in [0.2, 0.25) is 5.95 Å². The number of halogens is 3. The topological polar surface area (TPSA) is 65.4 Å². The minimum absolute atomic E-state index is 0.0260. The van der Waals surface area contributed by atoms with Crippen molar-refractivity contribution in [3.8, 4) is 5.75 Å². The Hall–Kier alpha value is -3.29. The summed E-state index contributed by atoms with van der Waals surface area (Å²) in [6.45, 7) is 1.84. The number of rotatable bonds is 5. The number of aromatic nitrogens is 2. The van der Waals surface area contributed by atoms with Crippen LogP contribution in [0.3, 0.4) is 0 Å². The van der Waals surface area contributed by atoms with Crippen LogP contribution in [0.25, 0.3) is 0 Å². The average Bonchev–Trinajstić information content (AvgIpc) is 2.95. The molecule has 2 aromatic carbocycles. The summed E-state index contributed by atoms with van der Waals surface area (Å²) in [5, 5.41) is 4.22. The first-order valence-electron chi connectivity index (χ1n) is 8.06. The lowest BCUT2D eigenvalue weighted by Crippen LogP contribution is -2.06. The van der Waals surface area contributed by atoms with Crippen LogP contribution in [0.1, 0.15) is 22.4 Å². The van der Waals surface area contributed by atoms with Gasteiger partial charge in [-0.15, -0.1) is 0 Å². The van der Waals surface area contributed by atoms with Crippen LogP contribution in [0.4, 0.5) is 19.1 Å². The second-order valence-electron chi connectivity index (χ2n) is 5.89. The van der Waals surface area contributed by atoms with Crippen LogP contribution >= 0.6 is 0 Å². The largest absolute Gasteiger partial charge is 0.489 e. The van der Waals surface area contributed by atoms with Crippen molar-refractivity contribution in [2.75, 3.05) is 5.73 Å². The van der Waals surface area contributed by atoms with Gasteiger partial charge in [-0.05, 0) is 42.3 Å². The molecule has 0 aliphatic rings. The minimum Gasteiger partial charge on any atom is -0.489 e. The van der Waals surface area contributed by atoms with Crippen molar-refractivity contribution in [3.05, 3.63) is 77.1 Å². The zero-order valence-corrected chi connectivity index (χ0v) is 14.4. The summed E-state index contributed by atoms with van der Waals surface area (Å²) in [5.41, 5.74) is 6.97. The van der Waals surface area contributed by atoms with Crippen LogP contribution in [0.2, 0.25) is 0 Å². The van der Waals surface area contributed by atoms with Gasteiger partial charge in [-0.25, -0.2) is 9.66 Å². The van der Waals surface area contributed by atoms with Crippen LogP contribution in [0.15, 0.2) is 59.8 Å². The minimum atomic E-state index is -4.38. The lowest BCUT2D eigenvalue weighted by molar-refractivity contribution is -0.137. The van der Waals surface area contributed by atoms with Crippen LogP contribution in [0, 0.1) is 6.92 Å². The number of nitrogens with zero attached hydrogens (tertiary/aromatic N) is 3. The van der Waals surface area contributed by atoms with Crippen LogP contribution in [-0.2, 0) is 12.8 Å². The molecule has 0 amide bonds. The highest BCUT2D eigenvalue weighted by molar-refractivity contribution is 5.80. The van der Waals surface area contributed by atoms with E-state index in [1.54, 1.807) is 36.7 Å². The number of hydrogen-bond acceptors (Lipinski definition) is 4.